The molecule has 0 aromatic carbocycles. The highest BCUT2D eigenvalue weighted by Gasteiger charge is 2.07. The molecule has 0 N–H and O–H groups in total. The van der Waals surface area contributed by atoms with Crippen LogP contribution in [0.3, 0.4) is 0 Å². The quantitative estimate of drug-likeness (QED) is 0.715. The van der Waals surface area contributed by atoms with E-state index in [0.29, 0.717) is 12.3 Å². The lowest BCUT2D eigenvalue weighted by Crippen LogP contribution is -1.97. The zero-order valence-electron chi connectivity index (χ0n) is 8.97. The maximum Gasteiger partial charge on any atom is 0.124 e. The van der Waals surface area contributed by atoms with Gasteiger partial charge in [-0.05, 0) is 17.7 Å². The lowest BCUT2D eigenvalue weighted by atomic mass is 10.2. The summed E-state index contributed by atoms with van der Waals surface area (Å²) < 4.78 is 2.07. The topological polar surface area (TPSA) is 34.4 Å². The van der Waals surface area contributed by atoms with Crippen LogP contribution in [0.4, 0.5) is 0 Å². The normalized spacial score (nSPS) is 11.1. The number of aromatic nitrogens is 2. The molecule has 2 aromatic heterocycles. The van der Waals surface area contributed by atoms with Crippen molar-refractivity contribution in [2.75, 3.05) is 0 Å². The van der Waals surface area contributed by atoms with E-state index < -0.39 is 0 Å². The SMILES string of the molecule is CC(C)c1ncc2cc(CC=O)ccn12. The molecule has 0 bridgehead atoms. The minimum Gasteiger partial charge on any atom is -0.304 e. The van der Waals surface area contributed by atoms with Gasteiger partial charge in [0, 0.05) is 18.5 Å². The van der Waals surface area contributed by atoms with Crippen molar-refractivity contribution >= 4 is 11.8 Å². The molecule has 0 fully saturated rings. The van der Waals surface area contributed by atoms with Gasteiger partial charge in [-0.1, -0.05) is 13.8 Å². The lowest BCUT2D eigenvalue weighted by molar-refractivity contribution is -0.107. The maximum atomic E-state index is 10.4. The molecule has 0 aliphatic heterocycles. The van der Waals surface area contributed by atoms with E-state index >= 15 is 0 Å². The zero-order chi connectivity index (χ0) is 10.8. The van der Waals surface area contributed by atoms with E-state index in [4.69, 9.17) is 0 Å². The van der Waals surface area contributed by atoms with Crippen molar-refractivity contribution in [3.05, 3.63) is 35.9 Å². The fourth-order valence-electron chi connectivity index (χ4n) is 1.72. The van der Waals surface area contributed by atoms with Gasteiger partial charge >= 0.3 is 0 Å². The second-order valence-electron chi connectivity index (χ2n) is 3.97. The molecule has 15 heavy (non-hydrogen) atoms. The van der Waals surface area contributed by atoms with Crippen molar-refractivity contribution in [1.82, 2.24) is 9.38 Å². The molecule has 3 nitrogen and oxygen atoms in total. The zero-order valence-corrected chi connectivity index (χ0v) is 8.97. The van der Waals surface area contributed by atoms with E-state index in [1.807, 2.05) is 24.5 Å². The minimum atomic E-state index is 0.407. The molecule has 2 aromatic rings. The average Bonchev–Trinajstić information content (AvgIpc) is 2.61. The monoisotopic (exact) mass is 202 g/mol. The third-order valence-corrected chi connectivity index (χ3v) is 2.46. The highest BCUT2D eigenvalue weighted by Crippen LogP contribution is 2.16. The smallest absolute Gasteiger partial charge is 0.124 e. The van der Waals surface area contributed by atoms with Crippen LogP contribution in [0.5, 0.6) is 0 Å². The van der Waals surface area contributed by atoms with E-state index in [2.05, 4.69) is 23.2 Å². The first-order valence-corrected chi connectivity index (χ1v) is 5.12. The molecule has 78 valence electrons. The van der Waals surface area contributed by atoms with E-state index in [-0.39, 0.29) is 0 Å². The van der Waals surface area contributed by atoms with Crippen LogP contribution < -0.4 is 0 Å². The van der Waals surface area contributed by atoms with Crippen LogP contribution >= 0.6 is 0 Å². The maximum absolute atomic E-state index is 10.4. The molecular formula is C12H14N2O. The summed E-state index contributed by atoms with van der Waals surface area (Å²) >= 11 is 0. The third kappa shape index (κ3) is 1.77. The summed E-state index contributed by atoms with van der Waals surface area (Å²) in [7, 11) is 0. The Labute approximate surface area is 88.8 Å². The summed E-state index contributed by atoms with van der Waals surface area (Å²) in [6.45, 7) is 4.24. The van der Waals surface area contributed by atoms with Crippen LogP contribution in [0.1, 0.15) is 31.2 Å². The molecule has 0 aliphatic carbocycles. The number of aldehydes is 1. The number of rotatable bonds is 3. The Kier molecular flexibility index (Phi) is 2.54. The first kappa shape index (κ1) is 9.90. The van der Waals surface area contributed by atoms with E-state index in [1.165, 1.54) is 0 Å². The molecule has 0 radical (unpaired) electrons. The van der Waals surface area contributed by atoms with Crippen LogP contribution in [-0.4, -0.2) is 15.7 Å². The molecule has 0 spiro atoms. The molecule has 0 saturated heterocycles. The van der Waals surface area contributed by atoms with Crippen molar-refractivity contribution in [3.8, 4) is 0 Å². The third-order valence-electron chi connectivity index (χ3n) is 2.46. The second kappa shape index (κ2) is 3.85. The largest absolute Gasteiger partial charge is 0.304 e. The van der Waals surface area contributed by atoms with Gasteiger partial charge in [-0.3, -0.25) is 0 Å². The number of nitrogens with zero attached hydrogens (tertiary/aromatic N) is 2. The minimum absolute atomic E-state index is 0.407. The number of carbonyl (C=O) groups is 1. The van der Waals surface area contributed by atoms with E-state index in [1.54, 1.807) is 0 Å². The summed E-state index contributed by atoms with van der Waals surface area (Å²) in [4.78, 5) is 14.8. The van der Waals surface area contributed by atoms with Crippen LogP contribution in [0.2, 0.25) is 0 Å². The summed E-state index contributed by atoms with van der Waals surface area (Å²) in [6, 6.07) is 3.97. The number of pyridine rings is 1. The summed E-state index contributed by atoms with van der Waals surface area (Å²) in [5.41, 5.74) is 2.09. The summed E-state index contributed by atoms with van der Waals surface area (Å²) in [6.07, 6.45) is 5.23. The van der Waals surface area contributed by atoms with Gasteiger partial charge in [0.2, 0.25) is 0 Å². The summed E-state index contributed by atoms with van der Waals surface area (Å²) in [5, 5.41) is 0. The van der Waals surface area contributed by atoms with Crippen molar-refractivity contribution in [2.45, 2.75) is 26.2 Å². The van der Waals surface area contributed by atoms with Gasteiger partial charge in [-0.2, -0.15) is 0 Å². The summed E-state index contributed by atoms with van der Waals surface area (Å²) in [5.74, 6) is 1.46. The van der Waals surface area contributed by atoms with Gasteiger partial charge in [0.25, 0.3) is 0 Å². The molecule has 0 saturated carbocycles. The fourth-order valence-corrected chi connectivity index (χ4v) is 1.72. The molecule has 2 heterocycles. The molecule has 2 rings (SSSR count). The molecule has 0 amide bonds. The van der Waals surface area contributed by atoms with Crippen LogP contribution in [0, 0.1) is 0 Å². The molecular weight excluding hydrogens is 188 g/mol. The highest BCUT2D eigenvalue weighted by atomic mass is 16.1. The number of hydrogen-bond acceptors (Lipinski definition) is 2. The van der Waals surface area contributed by atoms with E-state index in [9.17, 15) is 4.79 Å². The number of hydrogen-bond donors (Lipinski definition) is 0. The standard InChI is InChI=1S/C12H14N2O/c1-9(2)12-13-8-11-7-10(4-6-15)3-5-14(11)12/h3,5-9H,4H2,1-2H3. The Morgan fingerprint density at radius 2 is 2.33 bits per heavy atom. The number of fused-ring (bicyclic) bond motifs is 1. The fraction of sp³-hybridized carbons (Fsp3) is 0.333. The van der Waals surface area contributed by atoms with E-state index in [0.717, 1.165) is 23.2 Å². The molecule has 0 unspecified atom stereocenters. The van der Waals surface area contributed by atoms with Gasteiger partial charge < -0.3 is 9.20 Å². The molecule has 3 heteroatoms. The van der Waals surface area contributed by atoms with Crippen LogP contribution in [0.25, 0.3) is 5.52 Å². The predicted molar refractivity (Wildman–Crippen MR) is 59.0 cm³/mol. The van der Waals surface area contributed by atoms with Gasteiger partial charge in [-0.15, -0.1) is 0 Å². The number of carbonyl (C=O) groups excluding carboxylic acids is 1. The molecule has 0 atom stereocenters. The Morgan fingerprint density at radius 1 is 1.53 bits per heavy atom. The second-order valence-corrected chi connectivity index (χ2v) is 3.97. The van der Waals surface area contributed by atoms with Crippen LogP contribution in [-0.2, 0) is 11.2 Å². The van der Waals surface area contributed by atoms with Gasteiger partial charge in [-0.25, -0.2) is 4.98 Å². The van der Waals surface area contributed by atoms with Gasteiger partial charge in [0.15, 0.2) is 0 Å². The predicted octanol–water partition coefficient (Wildman–Crippen LogP) is 2.20. The Hall–Kier alpha value is -1.64. The van der Waals surface area contributed by atoms with Gasteiger partial charge in [0.1, 0.15) is 12.1 Å². The Balaban J connectivity index is 2.51. The Morgan fingerprint density at radius 3 is 3.00 bits per heavy atom. The van der Waals surface area contributed by atoms with Crippen molar-refractivity contribution in [2.24, 2.45) is 0 Å². The first-order chi connectivity index (χ1) is 7.22. The van der Waals surface area contributed by atoms with Crippen molar-refractivity contribution < 1.29 is 4.79 Å². The van der Waals surface area contributed by atoms with Gasteiger partial charge in [0.05, 0.1) is 11.7 Å². The molecule has 0 aliphatic rings. The Bertz CT molecular complexity index is 485. The highest BCUT2D eigenvalue weighted by molar-refractivity contribution is 5.58. The number of imidazole rings is 1. The average molecular weight is 202 g/mol. The lowest BCUT2D eigenvalue weighted by Gasteiger charge is -2.04. The van der Waals surface area contributed by atoms with Crippen molar-refractivity contribution in [1.29, 1.82) is 0 Å². The van der Waals surface area contributed by atoms with Crippen molar-refractivity contribution in [3.63, 3.8) is 0 Å². The first-order valence-electron chi connectivity index (χ1n) is 5.12. The van der Waals surface area contributed by atoms with Crippen LogP contribution in [0.15, 0.2) is 24.5 Å².